The fourth-order valence-corrected chi connectivity index (χ4v) is 0.158. The van der Waals surface area contributed by atoms with Crippen molar-refractivity contribution >= 4 is 0 Å². The monoisotopic (exact) mass is 85.1 g/mol. The van der Waals surface area contributed by atoms with Crippen molar-refractivity contribution in [1.29, 1.82) is 5.26 Å². The zero-order valence-corrected chi connectivity index (χ0v) is 3.52. The molecule has 2 nitrogen and oxygen atoms in total. The Morgan fingerprint density at radius 3 is 2.50 bits per heavy atom. The van der Waals surface area contributed by atoms with Gasteiger partial charge in [0, 0.05) is 13.0 Å². The molecule has 0 heterocycles. The minimum Gasteiger partial charge on any atom is -0.396 e. The van der Waals surface area contributed by atoms with Crippen molar-refractivity contribution in [3.8, 4) is 6.07 Å². The van der Waals surface area contributed by atoms with E-state index in [0.29, 0.717) is 12.8 Å². The molecule has 0 aliphatic carbocycles. The van der Waals surface area contributed by atoms with Crippen LogP contribution in [0.15, 0.2) is 0 Å². The second-order valence-corrected chi connectivity index (χ2v) is 0.985. The Labute approximate surface area is 37.0 Å². The lowest BCUT2D eigenvalue weighted by molar-refractivity contribution is 0.290. The number of nitrogens with zero attached hydrogens (tertiary/aromatic N) is 1. The summed E-state index contributed by atoms with van der Waals surface area (Å²) in [7, 11) is 0. The number of unbranched alkanes of at least 4 members (excludes halogenated alkanes) is 1. The summed E-state index contributed by atoms with van der Waals surface area (Å²) >= 11 is 0. The van der Waals surface area contributed by atoms with Crippen molar-refractivity contribution < 1.29 is 5.11 Å². The van der Waals surface area contributed by atoms with Crippen LogP contribution in [0.1, 0.15) is 12.8 Å². The maximum absolute atomic E-state index is 8.05. The van der Waals surface area contributed by atoms with Gasteiger partial charge in [0.1, 0.15) is 0 Å². The second-order valence-electron chi connectivity index (χ2n) is 0.985. The van der Waals surface area contributed by atoms with Gasteiger partial charge < -0.3 is 5.11 Å². The predicted molar refractivity (Wildman–Crippen MR) is 21.9 cm³/mol. The zero-order valence-electron chi connectivity index (χ0n) is 3.52. The Bertz CT molecular complexity index is 55.1. The molecule has 0 aromatic carbocycles. The zero-order chi connectivity index (χ0) is 4.83. The first kappa shape index (κ1) is 5.45. The van der Waals surface area contributed by atoms with E-state index >= 15 is 0 Å². The highest BCUT2D eigenvalue weighted by Crippen LogP contribution is 1.79. The number of aliphatic hydroxyl groups is 1. The molecule has 0 spiro atoms. The molecule has 0 radical (unpaired) electrons. The molecule has 0 aromatic rings. The first-order chi connectivity index (χ1) is 2.91. The van der Waals surface area contributed by atoms with E-state index in [1.54, 1.807) is 0 Å². The van der Waals surface area contributed by atoms with Gasteiger partial charge in [-0.2, -0.15) is 5.26 Å². The SMILES string of the molecule is N#CCCCO. The highest BCUT2D eigenvalue weighted by Gasteiger charge is 1.75. The molecule has 0 aromatic heterocycles. The van der Waals surface area contributed by atoms with E-state index in [9.17, 15) is 0 Å². The first-order valence-corrected chi connectivity index (χ1v) is 1.89. The van der Waals surface area contributed by atoms with Crippen LogP contribution in [-0.2, 0) is 0 Å². The Hall–Kier alpha value is -0.550. The first-order valence-electron chi connectivity index (χ1n) is 1.89. The maximum atomic E-state index is 8.05. The van der Waals surface area contributed by atoms with Gasteiger partial charge in [0.25, 0.3) is 0 Å². The lowest BCUT2D eigenvalue weighted by Gasteiger charge is -1.77. The Balaban J connectivity index is 2.54. The molecular formula is C4H7NO. The summed E-state index contributed by atoms with van der Waals surface area (Å²) in [4.78, 5) is 0. The average Bonchev–Trinajstić information content (AvgIpc) is 1.61. The molecule has 2 heteroatoms. The van der Waals surface area contributed by atoms with Crippen LogP contribution in [0.2, 0.25) is 0 Å². The molecule has 0 amide bonds. The molecule has 0 fully saturated rings. The molecule has 0 unspecified atom stereocenters. The molecule has 0 aliphatic heterocycles. The van der Waals surface area contributed by atoms with Crippen molar-refractivity contribution in [3.05, 3.63) is 0 Å². The maximum Gasteiger partial charge on any atom is 0.0622 e. The minimum atomic E-state index is 0.133. The third kappa shape index (κ3) is 3.45. The van der Waals surface area contributed by atoms with Crippen LogP contribution in [0.5, 0.6) is 0 Å². The van der Waals surface area contributed by atoms with Crippen molar-refractivity contribution in [2.75, 3.05) is 6.61 Å². The van der Waals surface area contributed by atoms with Gasteiger partial charge in [-0.15, -0.1) is 0 Å². The molecule has 34 valence electrons. The van der Waals surface area contributed by atoms with Gasteiger partial charge in [0.2, 0.25) is 0 Å². The molecule has 0 saturated carbocycles. The molecule has 0 rings (SSSR count). The van der Waals surface area contributed by atoms with Crippen LogP contribution in [0, 0.1) is 11.3 Å². The van der Waals surface area contributed by atoms with Gasteiger partial charge in [-0.25, -0.2) is 0 Å². The quantitative estimate of drug-likeness (QED) is 0.489. The minimum absolute atomic E-state index is 0.133. The summed E-state index contributed by atoms with van der Waals surface area (Å²) in [6.45, 7) is 0.133. The van der Waals surface area contributed by atoms with Crippen LogP contribution in [0.3, 0.4) is 0 Å². The Morgan fingerprint density at radius 2 is 2.33 bits per heavy atom. The normalized spacial score (nSPS) is 7.33. The highest BCUT2D eigenvalue weighted by atomic mass is 16.2. The summed E-state index contributed by atoms with van der Waals surface area (Å²) in [5.41, 5.74) is 0. The van der Waals surface area contributed by atoms with E-state index in [-0.39, 0.29) is 6.61 Å². The molecule has 0 atom stereocenters. The van der Waals surface area contributed by atoms with Crippen LogP contribution in [-0.4, -0.2) is 11.7 Å². The predicted octanol–water partition coefficient (Wildman–Crippen LogP) is 0.282. The molecule has 0 aliphatic rings. The highest BCUT2D eigenvalue weighted by molar-refractivity contribution is 4.66. The average molecular weight is 85.1 g/mol. The second kappa shape index (κ2) is 4.45. The molecule has 6 heavy (non-hydrogen) atoms. The Morgan fingerprint density at radius 1 is 1.67 bits per heavy atom. The van der Waals surface area contributed by atoms with Gasteiger partial charge >= 0.3 is 0 Å². The van der Waals surface area contributed by atoms with Crippen molar-refractivity contribution in [2.45, 2.75) is 12.8 Å². The number of rotatable bonds is 2. The number of hydrogen-bond acceptors (Lipinski definition) is 2. The van der Waals surface area contributed by atoms with E-state index in [1.807, 2.05) is 6.07 Å². The lowest BCUT2D eigenvalue weighted by Crippen LogP contribution is -1.77. The summed E-state index contributed by atoms with van der Waals surface area (Å²) in [5, 5.41) is 15.9. The molecule has 1 N–H and O–H groups in total. The summed E-state index contributed by atoms with van der Waals surface area (Å²) in [6, 6.07) is 1.91. The molecular weight excluding hydrogens is 78.0 g/mol. The molecule has 0 saturated heterocycles. The van der Waals surface area contributed by atoms with E-state index in [1.165, 1.54) is 0 Å². The third-order valence-corrected chi connectivity index (χ3v) is 0.447. The van der Waals surface area contributed by atoms with Crippen molar-refractivity contribution in [3.63, 3.8) is 0 Å². The van der Waals surface area contributed by atoms with Gasteiger partial charge in [0.15, 0.2) is 0 Å². The molecule has 0 bridgehead atoms. The van der Waals surface area contributed by atoms with Crippen molar-refractivity contribution in [1.82, 2.24) is 0 Å². The summed E-state index contributed by atoms with van der Waals surface area (Å²) in [6.07, 6.45) is 1.08. The number of nitriles is 1. The Kier molecular flexibility index (Phi) is 4.04. The van der Waals surface area contributed by atoms with E-state index < -0.39 is 0 Å². The summed E-state index contributed by atoms with van der Waals surface area (Å²) < 4.78 is 0. The van der Waals surface area contributed by atoms with E-state index in [2.05, 4.69) is 0 Å². The van der Waals surface area contributed by atoms with Gasteiger partial charge in [-0.1, -0.05) is 0 Å². The van der Waals surface area contributed by atoms with E-state index in [0.717, 1.165) is 0 Å². The van der Waals surface area contributed by atoms with Crippen LogP contribution in [0.25, 0.3) is 0 Å². The van der Waals surface area contributed by atoms with Crippen LogP contribution in [0.4, 0.5) is 0 Å². The van der Waals surface area contributed by atoms with Gasteiger partial charge in [-0.3, -0.25) is 0 Å². The lowest BCUT2D eigenvalue weighted by atomic mass is 10.4. The smallest absolute Gasteiger partial charge is 0.0622 e. The van der Waals surface area contributed by atoms with Gasteiger partial charge in [0.05, 0.1) is 6.07 Å². The largest absolute Gasteiger partial charge is 0.396 e. The van der Waals surface area contributed by atoms with Crippen LogP contribution < -0.4 is 0 Å². The van der Waals surface area contributed by atoms with Crippen LogP contribution >= 0.6 is 0 Å². The summed E-state index contributed by atoms with van der Waals surface area (Å²) in [5.74, 6) is 0. The van der Waals surface area contributed by atoms with Crippen molar-refractivity contribution in [2.24, 2.45) is 0 Å². The fourth-order valence-electron chi connectivity index (χ4n) is 0.158. The fraction of sp³-hybridized carbons (Fsp3) is 0.750. The van der Waals surface area contributed by atoms with Gasteiger partial charge in [-0.05, 0) is 6.42 Å². The third-order valence-electron chi connectivity index (χ3n) is 0.447. The number of aliphatic hydroxyl groups excluding tert-OH is 1. The number of hydrogen-bond donors (Lipinski definition) is 1. The van der Waals surface area contributed by atoms with E-state index in [4.69, 9.17) is 10.4 Å². The topological polar surface area (TPSA) is 44.0 Å². The standard InChI is InChI=1S/C4H7NO/c5-3-1-2-4-6/h6H,1-2,4H2.